The molecule has 6 N–H and O–H groups in total. The standard InChI is InChI=1S/C20H16ClN7.3C2HF3O2/c21-18-11-23-20-27-16-5-12(7-22-10-16)1-2-13-6-15(26-19(18)28-20)3-4-17(13)14-8-24-25-9-14;3*3-2(4,5)1(6)7/h3-11H,1-2H2,(H,24,25)(H2,23,26,27,28);3*(H,6,7). The Labute approximate surface area is 271 Å². The van der Waals surface area contributed by atoms with Crippen molar-refractivity contribution in [2.75, 3.05) is 10.6 Å². The van der Waals surface area contributed by atoms with Gasteiger partial charge in [-0.15, -0.1) is 0 Å². The number of carbonyl (C=O) groups is 3. The van der Waals surface area contributed by atoms with Gasteiger partial charge in [-0.05, 0) is 47.7 Å². The molecule has 4 heterocycles. The number of H-pyrrole nitrogens is 1. The zero-order valence-electron chi connectivity index (χ0n) is 23.7. The summed E-state index contributed by atoms with van der Waals surface area (Å²) in [5, 5.41) is 35.3. The molecule has 0 fully saturated rings. The first-order valence-electron chi connectivity index (χ1n) is 12.6. The van der Waals surface area contributed by atoms with Crippen LogP contribution in [0.2, 0.25) is 5.02 Å². The SMILES string of the molecule is Clc1cnc2nc1Nc1ccc(-c3cn[nH]c3)c(c1)CCc1cncc(c1)N2.O=C(O)C(F)(F)F.O=C(O)C(F)(F)F.O=C(O)C(F)(F)F. The Hall–Kier alpha value is -5.67. The Morgan fingerprint density at radius 3 is 1.82 bits per heavy atom. The molecule has 0 saturated carbocycles. The van der Waals surface area contributed by atoms with Crippen LogP contribution >= 0.6 is 11.6 Å². The van der Waals surface area contributed by atoms with Crippen molar-refractivity contribution in [2.45, 2.75) is 31.4 Å². The number of fused-ring (bicyclic) bond motifs is 6. The lowest BCUT2D eigenvalue weighted by atomic mass is 9.96. The Balaban J connectivity index is 0.000000325. The largest absolute Gasteiger partial charge is 0.490 e. The smallest absolute Gasteiger partial charge is 0.475 e. The van der Waals surface area contributed by atoms with E-state index in [0.29, 0.717) is 16.8 Å². The average molecular weight is 732 g/mol. The number of benzene rings is 1. The van der Waals surface area contributed by atoms with E-state index in [2.05, 4.69) is 54.0 Å². The molecule has 23 heteroatoms. The summed E-state index contributed by atoms with van der Waals surface area (Å²) in [6, 6.07) is 8.30. The van der Waals surface area contributed by atoms with E-state index in [1.54, 1.807) is 12.4 Å². The van der Waals surface area contributed by atoms with Gasteiger partial charge in [-0.2, -0.15) is 49.6 Å². The number of halogens is 10. The predicted molar refractivity (Wildman–Crippen MR) is 150 cm³/mol. The minimum atomic E-state index is -5.08. The van der Waals surface area contributed by atoms with Crippen LogP contribution in [0.1, 0.15) is 11.1 Å². The molecule has 49 heavy (non-hydrogen) atoms. The molecule has 0 unspecified atom stereocenters. The highest BCUT2D eigenvalue weighted by molar-refractivity contribution is 6.32. The second-order valence-corrected chi connectivity index (χ2v) is 9.40. The summed E-state index contributed by atoms with van der Waals surface area (Å²) >= 11 is 6.31. The lowest BCUT2D eigenvalue weighted by molar-refractivity contribution is -0.193. The first-order valence-corrected chi connectivity index (χ1v) is 13.0. The minimum Gasteiger partial charge on any atom is -0.475 e. The van der Waals surface area contributed by atoms with E-state index in [1.807, 2.05) is 24.7 Å². The van der Waals surface area contributed by atoms with Crippen molar-refractivity contribution in [3.8, 4) is 11.1 Å². The van der Waals surface area contributed by atoms with Crippen LogP contribution in [-0.4, -0.2) is 76.9 Å². The molecule has 0 radical (unpaired) electrons. The quantitative estimate of drug-likeness (QED) is 0.118. The summed E-state index contributed by atoms with van der Waals surface area (Å²) in [5.41, 5.74) is 6.29. The number of carboxylic acids is 3. The number of hydrogen-bond donors (Lipinski definition) is 6. The number of aromatic amines is 1. The Morgan fingerprint density at radius 1 is 0.735 bits per heavy atom. The van der Waals surface area contributed by atoms with Gasteiger partial charge in [0.2, 0.25) is 5.95 Å². The topological polar surface area (TPSA) is 203 Å². The first kappa shape index (κ1) is 39.5. The normalized spacial score (nSPS) is 12.1. The maximum absolute atomic E-state index is 10.6. The molecule has 4 aromatic rings. The van der Waals surface area contributed by atoms with E-state index in [4.69, 9.17) is 41.3 Å². The summed E-state index contributed by atoms with van der Waals surface area (Å²) in [4.78, 5) is 39.8. The van der Waals surface area contributed by atoms with Crippen molar-refractivity contribution in [1.29, 1.82) is 0 Å². The van der Waals surface area contributed by atoms with Crippen molar-refractivity contribution in [1.82, 2.24) is 25.1 Å². The number of rotatable bonds is 1. The molecule has 0 amide bonds. The predicted octanol–water partition coefficient (Wildman–Crippen LogP) is 6.40. The van der Waals surface area contributed by atoms with E-state index in [0.717, 1.165) is 40.9 Å². The molecule has 0 atom stereocenters. The molecule has 264 valence electrons. The average Bonchev–Trinajstić information content (AvgIpc) is 3.52. The maximum atomic E-state index is 10.6. The summed E-state index contributed by atoms with van der Waals surface area (Å²) in [6.45, 7) is 0. The van der Waals surface area contributed by atoms with Crippen molar-refractivity contribution in [3.63, 3.8) is 0 Å². The van der Waals surface area contributed by atoms with Crippen LogP contribution in [0.25, 0.3) is 11.1 Å². The van der Waals surface area contributed by atoms with Crippen LogP contribution in [0.4, 0.5) is 62.7 Å². The summed E-state index contributed by atoms with van der Waals surface area (Å²) < 4.78 is 95.2. The van der Waals surface area contributed by atoms with Gasteiger partial charge >= 0.3 is 36.4 Å². The third-order valence-electron chi connectivity index (χ3n) is 5.38. The number of hydrogen-bond acceptors (Lipinski definition) is 9. The van der Waals surface area contributed by atoms with E-state index in [9.17, 15) is 39.5 Å². The van der Waals surface area contributed by atoms with Gasteiger partial charge in [-0.3, -0.25) is 10.1 Å². The molecule has 6 bridgehead atoms. The number of nitrogens with zero attached hydrogens (tertiary/aromatic N) is 4. The third-order valence-corrected chi connectivity index (χ3v) is 5.66. The van der Waals surface area contributed by atoms with Gasteiger partial charge in [0, 0.05) is 23.6 Å². The molecule has 1 aliphatic heterocycles. The first-order chi connectivity index (χ1) is 22.6. The second-order valence-electron chi connectivity index (χ2n) is 8.99. The molecule has 13 nitrogen and oxygen atoms in total. The molecular formula is C26H19ClF9N7O6. The zero-order valence-corrected chi connectivity index (χ0v) is 24.5. The van der Waals surface area contributed by atoms with E-state index in [-0.39, 0.29) is 0 Å². The number of aromatic nitrogens is 5. The molecular weight excluding hydrogens is 713 g/mol. The summed E-state index contributed by atoms with van der Waals surface area (Å²) in [6.07, 6.45) is -4.58. The van der Waals surface area contributed by atoms with Crippen molar-refractivity contribution in [2.24, 2.45) is 0 Å². The van der Waals surface area contributed by atoms with Crippen LogP contribution in [0, 0.1) is 0 Å². The number of anilines is 4. The lowest BCUT2D eigenvalue weighted by Gasteiger charge is -2.13. The molecule has 3 aromatic heterocycles. The zero-order chi connectivity index (χ0) is 37.2. The number of pyridine rings is 1. The summed E-state index contributed by atoms with van der Waals surface area (Å²) in [5.74, 6) is -7.27. The maximum Gasteiger partial charge on any atom is 0.490 e. The van der Waals surface area contributed by atoms with Crippen molar-refractivity contribution in [3.05, 3.63) is 71.4 Å². The van der Waals surface area contributed by atoms with Crippen LogP contribution < -0.4 is 10.6 Å². The number of aliphatic carboxylic acids is 3. The van der Waals surface area contributed by atoms with Crippen LogP contribution in [0.15, 0.2) is 55.2 Å². The molecule has 1 aromatic carbocycles. The highest BCUT2D eigenvalue weighted by Crippen LogP contribution is 2.31. The van der Waals surface area contributed by atoms with E-state index in [1.165, 1.54) is 5.56 Å². The third kappa shape index (κ3) is 13.2. The molecule has 1 aliphatic rings. The van der Waals surface area contributed by atoms with Gasteiger partial charge in [0.1, 0.15) is 5.02 Å². The monoisotopic (exact) mass is 731 g/mol. The Bertz CT molecular complexity index is 1700. The summed E-state index contributed by atoms with van der Waals surface area (Å²) in [7, 11) is 0. The van der Waals surface area contributed by atoms with Gasteiger partial charge in [-0.25, -0.2) is 19.4 Å². The highest BCUT2D eigenvalue weighted by atomic mass is 35.5. The molecule has 0 aliphatic carbocycles. The van der Waals surface area contributed by atoms with Gasteiger partial charge in [0.05, 0.1) is 24.3 Å². The fourth-order valence-corrected chi connectivity index (χ4v) is 3.45. The van der Waals surface area contributed by atoms with Crippen LogP contribution in [0.5, 0.6) is 0 Å². The number of carboxylic acid groups (broad SMARTS) is 3. The van der Waals surface area contributed by atoms with Gasteiger partial charge in [0.25, 0.3) is 0 Å². The molecule has 5 rings (SSSR count). The van der Waals surface area contributed by atoms with E-state index >= 15 is 0 Å². The van der Waals surface area contributed by atoms with Crippen LogP contribution in [-0.2, 0) is 27.2 Å². The number of nitrogens with one attached hydrogen (secondary N) is 3. The Kier molecular flexibility index (Phi) is 13.3. The number of alkyl halides is 9. The van der Waals surface area contributed by atoms with Gasteiger partial charge < -0.3 is 26.0 Å². The highest BCUT2D eigenvalue weighted by Gasteiger charge is 2.39. The minimum absolute atomic E-state index is 0.452. The van der Waals surface area contributed by atoms with Crippen molar-refractivity contribution < 1.29 is 69.2 Å². The molecule has 0 spiro atoms. The lowest BCUT2D eigenvalue weighted by Crippen LogP contribution is -2.21. The fraction of sp³-hybridized carbons (Fsp3) is 0.192. The van der Waals surface area contributed by atoms with Crippen molar-refractivity contribution >= 4 is 52.6 Å². The Morgan fingerprint density at radius 2 is 1.31 bits per heavy atom. The fourth-order valence-electron chi connectivity index (χ4n) is 3.31. The molecule has 0 saturated heterocycles. The van der Waals surface area contributed by atoms with E-state index < -0.39 is 36.4 Å². The number of aryl methyl sites for hydroxylation is 2. The van der Waals surface area contributed by atoms with Gasteiger partial charge in [-0.1, -0.05) is 17.7 Å². The van der Waals surface area contributed by atoms with Crippen LogP contribution in [0.3, 0.4) is 0 Å². The van der Waals surface area contributed by atoms with Gasteiger partial charge in [0.15, 0.2) is 5.82 Å². The second kappa shape index (κ2) is 16.4.